The maximum absolute atomic E-state index is 12.6. The smallest absolute Gasteiger partial charge is 0.289 e. The molecule has 0 saturated heterocycles. The molecular weight excluding hydrogens is 356 g/mol. The number of nitrogens with one attached hydrogen (secondary N) is 2. The molecule has 28 heavy (non-hydrogen) atoms. The Morgan fingerprint density at radius 1 is 1.29 bits per heavy atom. The Kier molecular flexibility index (Phi) is 4.80. The Bertz CT molecular complexity index is 1060. The average molecular weight is 376 g/mol. The molecule has 1 aliphatic carbocycles. The van der Waals surface area contributed by atoms with Crippen molar-refractivity contribution in [2.24, 2.45) is 5.10 Å². The number of aryl methyl sites for hydroxylation is 1. The molecule has 1 amide bonds. The topological polar surface area (TPSA) is 99.6 Å². The molecular formula is C21H20N4O3. The second kappa shape index (κ2) is 7.56. The van der Waals surface area contributed by atoms with Gasteiger partial charge in [-0.15, -0.1) is 0 Å². The predicted molar refractivity (Wildman–Crippen MR) is 106 cm³/mol. The first-order chi connectivity index (χ1) is 13.7. The number of aromatic hydroxyl groups is 1. The monoisotopic (exact) mass is 376 g/mol. The summed E-state index contributed by atoms with van der Waals surface area (Å²) in [6.45, 7) is 2.28. The highest BCUT2D eigenvalue weighted by atomic mass is 16.5. The van der Waals surface area contributed by atoms with E-state index in [1.165, 1.54) is 11.8 Å². The molecule has 2 aromatic carbocycles. The predicted octanol–water partition coefficient (Wildman–Crippen LogP) is 3.04. The van der Waals surface area contributed by atoms with Crippen LogP contribution in [0.15, 0.2) is 47.6 Å². The lowest BCUT2D eigenvalue weighted by molar-refractivity contribution is 0.0949. The van der Waals surface area contributed by atoms with Crippen molar-refractivity contribution in [1.82, 2.24) is 15.6 Å². The fraction of sp³-hybridized carbons (Fsp3) is 0.190. The second-order valence-electron chi connectivity index (χ2n) is 6.41. The number of carbonyl (C=O) groups excluding carboxylic acids is 1. The number of phenols is 1. The average Bonchev–Trinajstić information content (AvgIpc) is 3.15. The number of hydrogen-bond donors (Lipinski definition) is 3. The Hall–Kier alpha value is -3.61. The third-order valence-electron chi connectivity index (χ3n) is 4.71. The number of para-hydroxylation sites is 1. The number of phenolic OH excluding ortho intramolecular Hbond substituents is 1. The molecule has 1 heterocycles. The Morgan fingerprint density at radius 2 is 2.14 bits per heavy atom. The van der Waals surface area contributed by atoms with Crippen molar-refractivity contribution in [2.75, 3.05) is 6.61 Å². The molecule has 4 rings (SSSR count). The largest absolute Gasteiger partial charge is 0.504 e. The number of benzene rings is 2. The first-order valence-electron chi connectivity index (χ1n) is 9.12. The normalized spacial score (nSPS) is 12.5. The summed E-state index contributed by atoms with van der Waals surface area (Å²) in [6, 6.07) is 13.2. The zero-order valence-electron chi connectivity index (χ0n) is 15.4. The highest BCUT2D eigenvalue weighted by Crippen LogP contribution is 2.33. The van der Waals surface area contributed by atoms with E-state index in [1.807, 2.05) is 25.1 Å². The SMILES string of the molecule is CCOc1cccc(/C=N\NC(=O)c2[nH]nc3c2CCc2ccccc2-3)c1O. The van der Waals surface area contributed by atoms with Gasteiger partial charge in [-0.2, -0.15) is 10.2 Å². The van der Waals surface area contributed by atoms with Crippen LogP contribution in [0.25, 0.3) is 11.3 Å². The number of carbonyl (C=O) groups is 1. The standard InChI is InChI=1S/C21H20N4O3/c1-2-28-17-9-5-7-14(20(17)26)12-22-25-21(27)19-16-11-10-13-6-3-4-8-15(13)18(16)23-24-19/h3-9,12,26H,2,10-11H2,1H3,(H,23,24)(H,25,27)/b22-12-. The fourth-order valence-electron chi connectivity index (χ4n) is 3.38. The summed E-state index contributed by atoms with van der Waals surface area (Å²) in [5, 5.41) is 21.3. The van der Waals surface area contributed by atoms with E-state index in [2.05, 4.69) is 26.8 Å². The van der Waals surface area contributed by atoms with Gasteiger partial charge in [-0.3, -0.25) is 9.89 Å². The van der Waals surface area contributed by atoms with Crippen molar-refractivity contribution in [2.45, 2.75) is 19.8 Å². The number of amides is 1. The number of H-pyrrole nitrogens is 1. The maximum atomic E-state index is 12.6. The number of aromatic amines is 1. The van der Waals surface area contributed by atoms with Gasteiger partial charge in [0.05, 0.1) is 18.5 Å². The molecule has 3 N–H and O–H groups in total. The molecule has 7 nitrogen and oxygen atoms in total. The van der Waals surface area contributed by atoms with Crippen LogP contribution in [0.5, 0.6) is 11.5 Å². The molecule has 142 valence electrons. The second-order valence-corrected chi connectivity index (χ2v) is 6.41. The summed E-state index contributed by atoms with van der Waals surface area (Å²) >= 11 is 0. The molecule has 0 spiro atoms. The van der Waals surface area contributed by atoms with Gasteiger partial charge in [0.15, 0.2) is 11.5 Å². The van der Waals surface area contributed by atoms with Crippen LogP contribution in [-0.2, 0) is 12.8 Å². The Labute approximate surface area is 162 Å². The lowest BCUT2D eigenvalue weighted by atomic mass is 9.89. The highest BCUT2D eigenvalue weighted by molar-refractivity contribution is 5.96. The number of ether oxygens (including phenoxy) is 1. The van der Waals surface area contributed by atoms with Gasteiger partial charge in [0, 0.05) is 16.7 Å². The van der Waals surface area contributed by atoms with Crippen LogP contribution in [0.3, 0.4) is 0 Å². The molecule has 7 heteroatoms. The van der Waals surface area contributed by atoms with Crippen LogP contribution >= 0.6 is 0 Å². The summed E-state index contributed by atoms with van der Waals surface area (Å²) in [5.41, 5.74) is 7.36. The molecule has 0 aliphatic heterocycles. The van der Waals surface area contributed by atoms with Crippen LogP contribution in [0.2, 0.25) is 0 Å². The number of nitrogens with zero attached hydrogens (tertiary/aromatic N) is 2. The number of aromatic nitrogens is 2. The molecule has 0 radical (unpaired) electrons. The quantitative estimate of drug-likeness (QED) is 0.471. The lowest BCUT2D eigenvalue weighted by Gasteiger charge is -2.15. The number of hydrogen-bond acceptors (Lipinski definition) is 5. The van der Waals surface area contributed by atoms with Crippen molar-refractivity contribution < 1.29 is 14.6 Å². The summed E-state index contributed by atoms with van der Waals surface area (Å²) in [6.07, 6.45) is 2.99. The van der Waals surface area contributed by atoms with E-state index in [9.17, 15) is 9.90 Å². The summed E-state index contributed by atoms with van der Waals surface area (Å²) in [5.74, 6) is -0.0122. The van der Waals surface area contributed by atoms with Crippen molar-refractivity contribution in [3.63, 3.8) is 0 Å². The minimum Gasteiger partial charge on any atom is -0.504 e. The van der Waals surface area contributed by atoms with Gasteiger partial charge in [0.25, 0.3) is 5.91 Å². The summed E-state index contributed by atoms with van der Waals surface area (Å²) < 4.78 is 5.34. The Balaban J connectivity index is 1.51. The van der Waals surface area contributed by atoms with Crippen LogP contribution in [-0.4, -0.2) is 34.0 Å². The van der Waals surface area contributed by atoms with Crippen molar-refractivity contribution >= 4 is 12.1 Å². The van der Waals surface area contributed by atoms with Crippen molar-refractivity contribution in [3.05, 3.63) is 64.8 Å². The first kappa shape index (κ1) is 17.8. The number of rotatable bonds is 5. The van der Waals surface area contributed by atoms with E-state index in [-0.39, 0.29) is 11.7 Å². The third kappa shape index (κ3) is 3.22. The summed E-state index contributed by atoms with van der Waals surface area (Å²) in [7, 11) is 0. The van der Waals surface area contributed by atoms with Gasteiger partial charge in [0.2, 0.25) is 0 Å². The van der Waals surface area contributed by atoms with Crippen molar-refractivity contribution in [1.29, 1.82) is 0 Å². The van der Waals surface area contributed by atoms with Crippen LogP contribution in [0.1, 0.15) is 34.1 Å². The van der Waals surface area contributed by atoms with Crippen molar-refractivity contribution in [3.8, 4) is 22.8 Å². The van der Waals surface area contributed by atoms with E-state index in [1.54, 1.807) is 18.2 Å². The van der Waals surface area contributed by atoms with Gasteiger partial charge < -0.3 is 9.84 Å². The first-order valence-corrected chi connectivity index (χ1v) is 9.12. The maximum Gasteiger partial charge on any atom is 0.289 e. The van der Waals surface area contributed by atoms with Gasteiger partial charge >= 0.3 is 0 Å². The minimum absolute atomic E-state index is 0.0159. The Morgan fingerprint density at radius 3 is 3.00 bits per heavy atom. The van der Waals surface area contributed by atoms with Gasteiger partial charge in [-0.1, -0.05) is 30.3 Å². The van der Waals surface area contributed by atoms with E-state index >= 15 is 0 Å². The van der Waals surface area contributed by atoms with Gasteiger partial charge in [0.1, 0.15) is 5.69 Å². The highest BCUT2D eigenvalue weighted by Gasteiger charge is 2.24. The van der Waals surface area contributed by atoms with E-state index in [4.69, 9.17) is 4.74 Å². The molecule has 0 bridgehead atoms. The minimum atomic E-state index is -0.371. The fourth-order valence-corrected chi connectivity index (χ4v) is 3.38. The lowest BCUT2D eigenvalue weighted by Crippen LogP contribution is -2.20. The summed E-state index contributed by atoms with van der Waals surface area (Å²) in [4.78, 5) is 12.6. The van der Waals surface area contributed by atoms with Gasteiger partial charge in [-0.05, 0) is 37.5 Å². The molecule has 0 atom stereocenters. The molecule has 1 aliphatic rings. The third-order valence-corrected chi connectivity index (χ3v) is 4.71. The van der Waals surface area contributed by atoms with E-state index < -0.39 is 0 Å². The molecule has 3 aromatic rings. The zero-order valence-corrected chi connectivity index (χ0v) is 15.4. The van der Waals surface area contributed by atoms with E-state index in [0.29, 0.717) is 23.6 Å². The number of hydrazone groups is 1. The molecule has 0 unspecified atom stereocenters. The molecule has 1 aromatic heterocycles. The van der Waals surface area contributed by atoms with Crippen LogP contribution in [0, 0.1) is 0 Å². The number of fused-ring (bicyclic) bond motifs is 3. The van der Waals surface area contributed by atoms with Crippen LogP contribution in [0.4, 0.5) is 0 Å². The molecule has 0 fully saturated rings. The zero-order chi connectivity index (χ0) is 19.5. The van der Waals surface area contributed by atoms with E-state index in [0.717, 1.165) is 29.7 Å². The molecule has 0 saturated carbocycles. The van der Waals surface area contributed by atoms with Gasteiger partial charge in [-0.25, -0.2) is 5.43 Å². The van der Waals surface area contributed by atoms with Crippen LogP contribution < -0.4 is 10.2 Å².